The fourth-order valence-electron chi connectivity index (χ4n) is 2.40. The van der Waals surface area contributed by atoms with Crippen LogP contribution in [0.15, 0.2) is 59.9 Å². The van der Waals surface area contributed by atoms with Crippen molar-refractivity contribution in [1.82, 2.24) is 24.6 Å². The van der Waals surface area contributed by atoms with Crippen molar-refractivity contribution in [2.24, 2.45) is 0 Å². The quantitative estimate of drug-likeness (QED) is 0.697. The first-order valence-electron chi connectivity index (χ1n) is 8.08. The van der Waals surface area contributed by atoms with E-state index in [1.165, 1.54) is 12.1 Å². The second-order valence-electron chi connectivity index (χ2n) is 5.75. The van der Waals surface area contributed by atoms with Crippen molar-refractivity contribution >= 4 is 11.7 Å². The minimum atomic E-state index is -4.54. The molecule has 8 nitrogen and oxygen atoms in total. The molecule has 0 saturated carbocycles. The standard InChI is InChI=1S/C17H15F3N6O2/c18-17(19,20)11-25-7-1-3-13(15(25)27)24-16(28)22-10-12-4-6-21-14(9-12)26-8-2-5-23-26/h1-9H,10-11H2,(H2,22,24,28). The van der Waals surface area contributed by atoms with Gasteiger partial charge in [-0.25, -0.2) is 14.5 Å². The number of amides is 2. The van der Waals surface area contributed by atoms with Crippen molar-refractivity contribution in [3.8, 4) is 5.82 Å². The molecule has 0 saturated heterocycles. The number of pyridine rings is 2. The van der Waals surface area contributed by atoms with E-state index in [9.17, 15) is 22.8 Å². The van der Waals surface area contributed by atoms with Gasteiger partial charge in [0.05, 0.1) is 0 Å². The number of nitrogens with zero attached hydrogens (tertiary/aromatic N) is 4. The van der Waals surface area contributed by atoms with Crippen LogP contribution in [0.4, 0.5) is 23.7 Å². The highest BCUT2D eigenvalue weighted by atomic mass is 19.4. The van der Waals surface area contributed by atoms with Crippen LogP contribution < -0.4 is 16.2 Å². The summed E-state index contributed by atoms with van der Waals surface area (Å²) in [5.74, 6) is 0.558. The summed E-state index contributed by atoms with van der Waals surface area (Å²) in [5.41, 5.74) is -0.478. The van der Waals surface area contributed by atoms with Crippen molar-refractivity contribution in [3.05, 3.63) is 71.0 Å². The van der Waals surface area contributed by atoms with Crippen molar-refractivity contribution in [3.63, 3.8) is 0 Å². The topological polar surface area (TPSA) is 93.8 Å². The Morgan fingerprint density at radius 3 is 2.68 bits per heavy atom. The molecule has 0 spiro atoms. The SMILES string of the molecule is O=C(NCc1ccnc(-n2cccn2)c1)Nc1cccn(CC(F)(F)F)c1=O. The highest BCUT2D eigenvalue weighted by molar-refractivity contribution is 5.88. The van der Waals surface area contributed by atoms with Gasteiger partial charge < -0.3 is 15.2 Å². The molecule has 0 radical (unpaired) electrons. The summed E-state index contributed by atoms with van der Waals surface area (Å²) < 4.78 is 39.5. The number of anilines is 1. The Bertz CT molecular complexity index is 1010. The number of aromatic nitrogens is 4. The maximum atomic E-state index is 12.5. The lowest BCUT2D eigenvalue weighted by molar-refractivity contribution is -0.141. The van der Waals surface area contributed by atoms with Gasteiger partial charge in [-0.05, 0) is 35.9 Å². The van der Waals surface area contributed by atoms with E-state index in [1.807, 2.05) is 0 Å². The maximum Gasteiger partial charge on any atom is 0.406 e. The minimum absolute atomic E-state index is 0.117. The second kappa shape index (κ2) is 7.94. The summed E-state index contributed by atoms with van der Waals surface area (Å²) in [4.78, 5) is 28.2. The van der Waals surface area contributed by atoms with Gasteiger partial charge in [-0.15, -0.1) is 0 Å². The monoisotopic (exact) mass is 392 g/mol. The van der Waals surface area contributed by atoms with Gasteiger partial charge in [0.25, 0.3) is 5.56 Å². The number of hydrogen-bond donors (Lipinski definition) is 2. The van der Waals surface area contributed by atoms with E-state index in [-0.39, 0.29) is 12.2 Å². The Kier molecular flexibility index (Phi) is 5.43. The Labute approximate surface area is 156 Å². The molecule has 0 atom stereocenters. The molecule has 2 amide bonds. The van der Waals surface area contributed by atoms with Crippen LogP contribution in [-0.4, -0.2) is 31.5 Å². The number of rotatable bonds is 5. The zero-order chi connectivity index (χ0) is 20.1. The molecule has 0 aromatic carbocycles. The van der Waals surface area contributed by atoms with Crippen molar-refractivity contribution in [2.75, 3.05) is 5.32 Å². The number of hydrogen-bond acceptors (Lipinski definition) is 4. The predicted octanol–water partition coefficient (Wildman–Crippen LogP) is 2.31. The highest BCUT2D eigenvalue weighted by Gasteiger charge is 2.28. The number of halogens is 3. The molecule has 28 heavy (non-hydrogen) atoms. The first-order valence-corrected chi connectivity index (χ1v) is 8.08. The lowest BCUT2D eigenvalue weighted by atomic mass is 10.2. The summed E-state index contributed by atoms with van der Waals surface area (Å²) in [7, 11) is 0. The number of nitrogens with one attached hydrogen (secondary N) is 2. The summed E-state index contributed by atoms with van der Waals surface area (Å²) in [6.07, 6.45) is 1.34. The minimum Gasteiger partial charge on any atom is -0.334 e. The molecule has 3 aromatic heterocycles. The Hall–Kier alpha value is -3.63. The van der Waals surface area contributed by atoms with E-state index in [2.05, 4.69) is 20.7 Å². The lowest BCUT2D eigenvalue weighted by Gasteiger charge is -2.12. The van der Waals surface area contributed by atoms with Crippen LogP contribution >= 0.6 is 0 Å². The molecular formula is C17H15F3N6O2. The van der Waals surface area contributed by atoms with E-state index >= 15 is 0 Å². The van der Waals surface area contributed by atoms with Crippen LogP contribution in [-0.2, 0) is 13.1 Å². The molecule has 3 aromatic rings. The molecular weight excluding hydrogens is 377 g/mol. The predicted molar refractivity (Wildman–Crippen MR) is 94.0 cm³/mol. The molecule has 146 valence electrons. The van der Waals surface area contributed by atoms with E-state index in [1.54, 1.807) is 41.5 Å². The van der Waals surface area contributed by atoms with Gasteiger partial charge in [-0.3, -0.25) is 4.79 Å². The maximum absolute atomic E-state index is 12.5. The summed E-state index contributed by atoms with van der Waals surface area (Å²) in [6, 6.07) is 6.90. The third-order valence-electron chi connectivity index (χ3n) is 3.62. The van der Waals surface area contributed by atoms with Gasteiger partial charge in [-0.1, -0.05) is 0 Å². The van der Waals surface area contributed by atoms with E-state index in [0.717, 1.165) is 11.8 Å². The summed E-state index contributed by atoms with van der Waals surface area (Å²) in [6.45, 7) is -1.32. The van der Waals surface area contributed by atoms with Crippen molar-refractivity contribution in [1.29, 1.82) is 0 Å². The Morgan fingerprint density at radius 2 is 1.96 bits per heavy atom. The largest absolute Gasteiger partial charge is 0.406 e. The Morgan fingerprint density at radius 1 is 1.14 bits per heavy atom. The van der Waals surface area contributed by atoms with Crippen LogP contribution in [0.5, 0.6) is 0 Å². The van der Waals surface area contributed by atoms with Crippen LogP contribution in [0.3, 0.4) is 0 Å². The van der Waals surface area contributed by atoms with Gasteiger partial charge >= 0.3 is 12.2 Å². The Balaban J connectivity index is 1.63. The van der Waals surface area contributed by atoms with Gasteiger partial charge in [-0.2, -0.15) is 18.3 Å². The third-order valence-corrected chi connectivity index (χ3v) is 3.62. The first kappa shape index (κ1) is 19.1. The molecule has 3 rings (SSSR count). The zero-order valence-corrected chi connectivity index (χ0v) is 14.3. The van der Waals surface area contributed by atoms with Gasteiger partial charge in [0.1, 0.15) is 12.2 Å². The zero-order valence-electron chi connectivity index (χ0n) is 14.3. The summed E-state index contributed by atoms with van der Waals surface area (Å²) in [5, 5.41) is 8.86. The third kappa shape index (κ3) is 4.96. The van der Waals surface area contributed by atoms with E-state index in [4.69, 9.17) is 0 Å². The average Bonchev–Trinajstić information content (AvgIpc) is 3.17. The molecule has 0 bridgehead atoms. The smallest absolute Gasteiger partial charge is 0.334 e. The fourth-order valence-corrected chi connectivity index (χ4v) is 2.40. The van der Waals surface area contributed by atoms with E-state index < -0.39 is 24.3 Å². The summed E-state index contributed by atoms with van der Waals surface area (Å²) >= 11 is 0. The molecule has 0 aliphatic carbocycles. The lowest BCUT2D eigenvalue weighted by Crippen LogP contribution is -2.34. The number of carbonyl (C=O) groups excluding carboxylic acids is 1. The number of alkyl halides is 3. The molecule has 0 aliphatic heterocycles. The van der Waals surface area contributed by atoms with E-state index in [0.29, 0.717) is 10.4 Å². The van der Waals surface area contributed by atoms with Gasteiger partial charge in [0, 0.05) is 31.3 Å². The molecule has 0 aliphatic rings. The fraction of sp³-hybridized carbons (Fsp3) is 0.176. The number of carbonyl (C=O) groups is 1. The van der Waals surface area contributed by atoms with Crippen LogP contribution in [0.1, 0.15) is 5.56 Å². The van der Waals surface area contributed by atoms with Crippen LogP contribution in [0.25, 0.3) is 5.82 Å². The van der Waals surface area contributed by atoms with Gasteiger partial charge in [0.2, 0.25) is 0 Å². The highest BCUT2D eigenvalue weighted by Crippen LogP contribution is 2.16. The van der Waals surface area contributed by atoms with Crippen molar-refractivity contribution in [2.45, 2.75) is 19.3 Å². The molecule has 0 fully saturated rings. The molecule has 3 heterocycles. The normalized spacial score (nSPS) is 11.2. The molecule has 0 unspecified atom stereocenters. The molecule has 2 N–H and O–H groups in total. The van der Waals surface area contributed by atoms with Crippen LogP contribution in [0, 0.1) is 0 Å². The number of urea groups is 1. The first-order chi connectivity index (χ1) is 13.3. The molecule has 11 heteroatoms. The van der Waals surface area contributed by atoms with Crippen molar-refractivity contribution < 1.29 is 18.0 Å². The average molecular weight is 392 g/mol. The van der Waals surface area contributed by atoms with Gasteiger partial charge in [0.15, 0.2) is 5.82 Å². The second-order valence-corrected chi connectivity index (χ2v) is 5.75. The van der Waals surface area contributed by atoms with Crippen LogP contribution in [0.2, 0.25) is 0 Å².